The van der Waals surface area contributed by atoms with Crippen LogP contribution in [0.2, 0.25) is 0 Å². The summed E-state index contributed by atoms with van der Waals surface area (Å²) in [7, 11) is 5.76. The summed E-state index contributed by atoms with van der Waals surface area (Å²) < 4.78 is 0. The second kappa shape index (κ2) is 7.50. The van der Waals surface area contributed by atoms with Crippen molar-refractivity contribution >= 4 is 13.1 Å². The summed E-state index contributed by atoms with van der Waals surface area (Å²) in [5.74, 6) is 2.01. The zero-order valence-electron chi connectivity index (χ0n) is 9.70. The van der Waals surface area contributed by atoms with Gasteiger partial charge in [0.15, 0.2) is 0 Å². The third-order valence-corrected chi connectivity index (χ3v) is 2.11. The summed E-state index contributed by atoms with van der Waals surface area (Å²) in [6.07, 6.45) is 3.02. The second-order valence-corrected chi connectivity index (χ2v) is 3.87. The first-order valence-electron chi connectivity index (χ1n) is 4.92. The standard InChI is InChI=1S/C6H13N.C4H9N3/c1-5-3-6(5)4-7-2;1-5-6-4-7(2)3/h5-7H,3-4H2,1-2H3;4H,1H2,2-3H3/b;6-4-. The van der Waals surface area contributed by atoms with Crippen molar-refractivity contribution in [1.29, 1.82) is 0 Å². The van der Waals surface area contributed by atoms with Crippen molar-refractivity contribution in [3.05, 3.63) is 0 Å². The summed E-state index contributed by atoms with van der Waals surface area (Å²) in [4.78, 5) is 1.79. The molecule has 1 aliphatic rings. The van der Waals surface area contributed by atoms with Crippen molar-refractivity contribution in [1.82, 2.24) is 10.2 Å². The zero-order valence-corrected chi connectivity index (χ0v) is 9.70. The van der Waals surface area contributed by atoms with E-state index in [1.54, 1.807) is 11.2 Å². The van der Waals surface area contributed by atoms with Gasteiger partial charge in [0, 0.05) is 20.8 Å². The Bertz CT molecular complexity index is 177. The molecule has 1 rings (SSSR count). The normalized spacial score (nSPS) is 24.0. The van der Waals surface area contributed by atoms with Crippen LogP contribution in [0, 0.1) is 11.8 Å². The van der Waals surface area contributed by atoms with Gasteiger partial charge in [-0.25, -0.2) is 0 Å². The van der Waals surface area contributed by atoms with Gasteiger partial charge in [-0.05, 0) is 31.8 Å². The average Bonchev–Trinajstić information content (AvgIpc) is 2.80. The van der Waals surface area contributed by atoms with Crippen molar-refractivity contribution in [2.45, 2.75) is 13.3 Å². The molecule has 82 valence electrons. The molecule has 0 saturated heterocycles. The van der Waals surface area contributed by atoms with E-state index in [0.717, 1.165) is 11.8 Å². The molecule has 2 unspecified atom stereocenters. The Morgan fingerprint density at radius 2 is 2.14 bits per heavy atom. The summed E-state index contributed by atoms with van der Waals surface area (Å²) in [5.41, 5.74) is 0. The van der Waals surface area contributed by atoms with Gasteiger partial charge >= 0.3 is 0 Å². The van der Waals surface area contributed by atoms with Crippen molar-refractivity contribution in [3.8, 4) is 0 Å². The van der Waals surface area contributed by atoms with Gasteiger partial charge < -0.3 is 10.2 Å². The molecule has 0 spiro atoms. The Morgan fingerprint density at radius 1 is 1.57 bits per heavy atom. The Kier molecular flexibility index (Phi) is 7.02. The van der Waals surface area contributed by atoms with E-state index >= 15 is 0 Å². The van der Waals surface area contributed by atoms with Gasteiger partial charge in [0.2, 0.25) is 0 Å². The van der Waals surface area contributed by atoms with Crippen LogP contribution in [0.5, 0.6) is 0 Å². The number of nitrogens with one attached hydrogen (secondary N) is 1. The number of rotatable bonds is 4. The Morgan fingerprint density at radius 3 is 2.29 bits per heavy atom. The fourth-order valence-corrected chi connectivity index (χ4v) is 1.09. The fourth-order valence-electron chi connectivity index (χ4n) is 1.09. The maximum Gasteiger partial charge on any atom is 0.113 e. The maximum atomic E-state index is 3.49. The average molecular weight is 198 g/mol. The molecule has 0 aromatic rings. The lowest BCUT2D eigenvalue weighted by Gasteiger charge is -1.97. The first-order chi connectivity index (χ1) is 6.61. The summed E-state index contributed by atoms with van der Waals surface area (Å²) in [6.45, 7) is 6.69. The van der Waals surface area contributed by atoms with Crippen LogP contribution in [-0.4, -0.2) is 45.6 Å². The van der Waals surface area contributed by atoms with Crippen molar-refractivity contribution in [3.63, 3.8) is 0 Å². The molecule has 0 aliphatic heterocycles. The highest BCUT2D eigenvalue weighted by Gasteiger charge is 2.30. The minimum atomic E-state index is 1.00. The van der Waals surface area contributed by atoms with Crippen LogP contribution in [0.25, 0.3) is 0 Å². The van der Waals surface area contributed by atoms with Gasteiger partial charge in [0.1, 0.15) is 6.34 Å². The van der Waals surface area contributed by atoms with E-state index in [1.807, 2.05) is 21.1 Å². The van der Waals surface area contributed by atoms with Crippen molar-refractivity contribution in [2.24, 2.45) is 22.0 Å². The topological polar surface area (TPSA) is 40.0 Å². The van der Waals surface area contributed by atoms with Crippen LogP contribution >= 0.6 is 0 Å². The minimum Gasteiger partial charge on any atom is -0.367 e. The van der Waals surface area contributed by atoms with Crippen LogP contribution in [0.15, 0.2) is 10.2 Å². The molecule has 0 aromatic carbocycles. The summed E-state index contributed by atoms with van der Waals surface area (Å²) in [6, 6.07) is 0. The Labute approximate surface area is 87.1 Å². The highest BCUT2D eigenvalue weighted by molar-refractivity contribution is 5.53. The summed E-state index contributed by atoms with van der Waals surface area (Å²) in [5, 5.41) is 9.90. The van der Waals surface area contributed by atoms with Gasteiger partial charge in [0.25, 0.3) is 0 Å². The second-order valence-electron chi connectivity index (χ2n) is 3.87. The summed E-state index contributed by atoms with van der Waals surface area (Å²) >= 11 is 0. The molecule has 14 heavy (non-hydrogen) atoms. The maximum absolute atomic E-state index is 3.49. The van der Waals surface area contributed by atoms with Gasteiger partial charge in [-0.15, -0.1) is 5.10 Å². The van der Waals surface area contributed by atoms with E-state index in [0.29, 0.717) is 0 Å². The van der Waals surface area contributed by atoms with Crippen LogP contribution in [0.1, 0.15) is 13.3 Å². The molecule has 1 N–H and O–H groups in total. The van der Waals surface area contributed by atoms with E-state index in [-0.39, 0.29) is 0 Å². The molecular formula is C10H22N4. The molecule has 0 radical (unpaired) electrons. The third kappa shape index (κ3) is 7.73. The lowest BCUT2D eigenvalue weighted by Crippen LogP contribution is -2.09. The molecule has 1 aliphatic carbocycles. The predicted octanol–water partition coefficient (Wildman–Crippen LogP) is 1.05. The van der Waals surface area contributed by atoms with Crippen LogP contribution in [0.3, 0.4) is 0 Å². The minimum absolute atomic E-state index is 1.00. The highest BCUT2D eigenvalue weighted by atomic mass is 15.2. The Hall–Kier alpha value is -0.900. The number of nitrogens with zero attached hydrogens (tertiary/aromatic N) is 3. The third-order valence-electron chi connectivity index (χ3n) is 2.11. The quantitative estimate of drug-likeness (QED) is 0.417. The molecule has 1 saturated carbocycles. The van der Waals surface area contributed by atoms with E-state index < -0.39 is 0 Å². The van der Waals surface area contributed by atoms with Crippen molar-refractivity contribution < 1.29 is 0 Å². The molecule has 2 atom stereocenters. The van der Waals surface area contributed by atoms with E-state index in [2.05, 4.69) is 29.2 Å². The van der Waals surface area contributed by atoms with Gasteiger partial charge in [-0.3, -0.25) is 0 Å². The number of hydrogen-bond acceptors (Lipinski definition) is 3. The molecule has 4 nitrogen and oxygen atoms in total. The fraction of sp³-hybridized carbons (Fsp3) is 0.800. The first-order valence-corrected chi connectivity index (χ1v) is 4.92. The van der Waals surface area contributed by atoms with Crippen LogP contribution in [0.4, 0.5) is 0 Å². The largest absolute Gasteiger partial charge is 0.367 e. The lowest BCUT2D eigenvalue weighted by atomic mass is 10.3. The monoisotopic (exact) mass is 198 g/mol. The van der Waals surface area contributed by atoms with Gasteiger partial charge in [-0.1, -0.05) is 6.92 Å². The van der Waals surface area contributed by atoms with Gasteiger partial charge in [-0.2, -0.15) is 5.10 Å². The molecule has 1 fully saturated rings. The van der Waals surface area contributed by atoms with Crippen LogP contribution < -0.4 is 5.32 Å². The molecule has 0 amide bonds. The first kappa shape index (κ1) is 13.1. The molecule has 0 bridgehead atoms. The van der Waals surface area contributed by atoms with E-state index in [1.165, 1.54) is 13.0 Å². The SMILES string of the molecule is C=N/N=C\N(C)C.CNCC1CC1C. The molecular weight excluding hydrogens is 176 g/mol. The van der Waals surface area contributed by atoms with Crippen LogP contribution in [-0.2, 0) is 0 Å². The highest BCUT2D eigenvalue weighted by Crippen LogP contribution is 2.36. The van der Waals surface area contributed by atoms with Gasteiger partial charge in [0.05, 0.1) is 0 Å². The molecule has 0 heterocycles. The smallest absolute Gasteiger partial charge is 0.113 e. The zero-order chi connectivity index (χ0) is 11.0. The number of hydrogen-bond donors (Lipinski definition) is 1. The van der Waals surface area contributed by atoms with E-state index in [9.17, 15) is 0 Å². The van der Waals surface area contributed by atoms with Crippen molar-refractivity contribution in [2.75, 3.05) is 27.7 Å². The Balaban J connectivity index is 0.000000241. The molecule has 0 aromatic heterocycles. The lowest BCUT2D eigenvalue weighted by molar-refractivity contribution is 0.640. The van der Waals surface area contributed by atoms with E-state index in [4.69, 9.17) is 0 Å². The molecule has 4 heteroatoms. The predicted molar refractivity (Wildman–Crippen MR) is 62.9 cm³/mol.